The summed E-state index contributed by atoms with van der Waals surface area (Å²) in [6.07, 6.45) is 3.57. The van der Waals surface area contributed by atoms with Gasteiger partial charge in [0.25, 0.3) is 0 Å². The van der Waals surface area contributed by atoms with Gasteiger partial charge >= 0.3 is 5.97 Å². The predicted molar refractivity (Wildman–Crippen MR) is 115 cm³/mol. The Morgan fingerprint density at radius 1 is 1.03 bits per heavy atom. The van der Waals surface area contributed by atoms with E-state index >= 15 is 0 Å². The quantitative estimate of drug-likeness (QED) is 0.347. The Kier molecular flexibility index (Phi) is 5.91. The number of ether oxygens (including phenoxy) is 3. The van der Waals surface area contributed by atoms with E-state index in [1.54, 1.807) is 19.2 Å². The van der Waals surface area contributed by atoms with Crippen LogP contribution in [0.25, 0.3) is 22.5 Å². The number of methoxy groups -OCH3 is 2. The number of carbonyl (C=O) groups is 1. The first-order chi connectivity index (χ1) is 14.7. The number of hydrogen-bond acceptors (Lipinski definition) is 5. The second-order valence-corrected chi connectivity index (χ2v) is 7.35. The van der Waals surface area contributed by atoms with E-state index in [9.17, 15) is 4.79 Å². The summed E-state index contributed by atoms with van der Waals surface area (Å²) in [7, 11) is 3.02. The van der Waals surface area contributed by atoms with Gasteiger partial charge in [-0.2, -0.15) is 0 Å². The van der Waals surface area contributed by atoms with Crippen LogP contribution in [0.1, 0.15) is 54.2 Å². The maximum absolute atomic E-state index is 11.8. The second kappa shape index (κ2) is 8.76. The number of aryl methyl sites for hydroxylation is 1. The number of para-hydroxylation sites is 1. The van der Waals surface area contributed by atoms with Gasteiger partial charge in [-0.25, -0.2) is 4.79 Å². The third-order valence-electron chi connectivity index (χ3n) is 5.44. The van der Waals surface area contributed by atoms with Crippen LogP contribution < -0.4 is 4.74 Å². The van der Waals surface area contributed by atoms with Crippen LogP contribution in [-0.2, 0) is 15.9 Å². The molecule has 0 aliphatic carbocycles. The molecule has 1 aliphatic rings. The molecular formula is C25H26O5. The summed E-state index contributed by atoms with van der Waals surface area (Å²) < 4.78 is 23.1. The molecule has 4 rings (SSSR count). The number of furan rings is 1. The molecule has 5 nitrogen and oxygen atoms in total. The van der Waals surface area contributed by atoms with Gasteiger partial charge < -0.3 is 18.6 Å². The Morgan fingerprint density at radius 3 is 2.50 bits per heavy atom. The lowest BCUT2D eigenvalue weighted by Gasteiger charge is -2.25. The van der Waals surface area contributed by atoms with Gasteiger partial charge in [-0.15, -0.1) is 0 Å². The summed E-state index contributed by atoms with van der Waals surface area (Å²) in [6, 6.07) is 15.2. The van der Waals surface area contributed by atoms with Crippen LogP contribution in [0.15, 0.2) is 52.9 Å². The Hall–Kier alpha value is -3.05. The van der Waals surface area contributed by atoms with E-state index < -0.39 is 6.29 Å². The Balaban J connectivity index is 1.86. The third kappa shape index (κ3) is 3.61. The lowest BCUT2D eigenvalue weighted by atomic mass is 9.94. The normalized spacial score (nSPS) is 14.6. The molecule has 0 radical (unpaired) electrons. The van der Waals surface area contributed by atoms with E-state index in [1.807, 2.05) is 36.4 Å². The van der Waals surface area contributed by atoms with E-state index in [-0.39, 0.29) is 5.97 Å². The Bertz CT molecular complexity index is 1030. The number of esters is 1. The van der Waals surface area contributed by atoms with Crippen molar-refractivity contribution in [3.8, 4) is 28.2 Å². The molecule has 1 atom stereocenters. The highest BCUT2D eigenvalue weighted by atomic mass is 16.7. The molecule has 0 fully saturated rings. The molecule has 30 heavy (non-hydrogen) atoms. The second-order valence-electron chi connectivity index (χ2n) is 7.35. The van der Waals surface area contributed by atoms with E-state index in [2.05, 4.69) is 6.92 Å². The van der Waals surface area contributed by atoms with Crippen molar-refractivity contribution in [2.24, 2.45) is 0 Å². The zero-order valence-electron chi connectivity index (χ0n) is 17.6. The molecule has 2 aromatic carbocycles. The van der Waals surface area contributed by atoms with Gasteiger partial charge in [0.2, 0.25) is 6.29 Å². The number of fused-ring (bicyclic) bond motifs is 3. The van der Waals surface area contributed by atoms with Crippen LogP contribution in [-0.4, -0.2) is 20.2 Å². The minimum Gasteiger partial charge on any atom is -0.465 e. The summed E-state index contributed by atoms with van der Waals surface area (Å²) in [5, 5.41) is 0. The number of unbranched alkanes of at least 4 members (excludes halogenated alkanes) is 2. The average Bonchev–Trinajstić information content (AvgIpc) is 3.18. The van der Waals surface area contributed by atoms with E-state index in [0.717, 1.165) is 65.2 Å². The molecule has 0 spiro atoms. The third-order valence-corrected chi connectivity index (χ3v) is 5.44. The van der Waals surface area contributed by atoms with Crippen molar-refractivity contribution in [1.82, 2.24) is 0 Å². The number of rotatable bonds is 7. The van der Waals surface area contributed by atoms with Gasteiger partial charge in [-0.3, -0.25) is 0 Å². The molecule has 0 N–H and O–H groups in total. The molecule has 1 unspecified atom stereocenters. The summed E-state index contributed by atoms with van der Waals surface area (Å²) in [5.74, 6) is 2.10. The lowest BCUT2D eigenvalue weighted by molar-refractivity contribution is -0.0579. The highest BCUT2D eigenvalue weighted by Gasteiger charge is 2.34. The minimum absolute atomic E-state index is 0.356. The maximum atomic E-state index is 11.8. The SMILES string of the molecule is CCCCCc1oc2c(c1-c1ccc(C(=O)OC)cc1)C(OC)Oc1ccccc1-2. The highest BCUT2D eigenvalue weighted by molar-refractivity contribution is 5.90. The van der Waals surface area contributed by atoms with Crippen molar-refractivity contribution in [3.63, 3.8) is 0 Å². The van der Waals surface area contributed by atoms with Crippen LogP contribution in [0.2, 0.25) is 0 Å². The van der Waals surface area contributed by atoms with Crippen molar-refractivity contribution in [2.45, 2.75) is 38.9 Å². The fourth-order valence-corrected chi connectivity index (χ4v) is 3.93. The van der Waals surface area contributed by atoms with Crippen LogP contribution in [0, 0.1) is 0 Å². The Morgan fingerprint density at radius 2 is 1.80 bits per heavy atom. The number of benzene rings is 2. The van der Waals surface area contributed by atoms with Crippen LogP contribution in [0.4, 0.5) is 0 Å². The van der Waals surface area contributed by atoms with Gasteiger partial charge in [-0.05, 0) is 36.2 Å². The molecule has 1 aromatic heterocycles. The molecule has 0 amide bonds. The Labute approximate surface area is 176 Å². The molecular weight excluding hydrogens is 380 g/mol. The van der Waals surface area contributed by atoms with Crippen molar-refractivity contribution >= 4 is 5.97 Å². The first-order valence-electron chi connectivity index (χ1n) is 10.3. The maximum Gasteiger partial charge on any atom is 0.337 e. The van der Waals surface area contributed by atoms with Gasteiger partial charge in [-0.1, -0.05) is 44.0 Å². The minimum atomic E-state index is -0.561. The lowest BCUT2D eigenvalue weighted by Crippen LogP contribution is -2.15. The van der Waals surface area contributed by atoms with Crippen LogP contribution in [0.5, 0.6) is 5.75 Å². The zero-order valence-corrected chi connectivity index (χ0v) is 17.6. The smallest absolute Gasteiger partial charge is 0.337 e. The summed E-state index contributed by atoms with van der Waals surface area (Å²) >= 11 is 0. The van der Waals surface area contributed by atoms with E-state index in [0.29, 0.717) is 5.56 Å². The molecule has 0 bridgehead atoms. The van der Waals surface area contributed by atoms with Gasteiger partial charge in [0.05, 0.1) is 23.8 Å². The molecule has 5 heteroatoms. The number of carbonyl (C=O) groups excluding carboxylic acids is 1. The van der Waals surface area contributed by atoms with Crippen LogP contribution >= 0.6 is 0 Å². The van der Waals surface area contributed by atoms with Crippen molar-refractivity contribution in [1.29, 1.82) is 0 Å². The number of hydrogen-bond donors (Lipinski definition) is 0. The fraction of sp³-hybridized carbons (Fsp3) is 0.320. The fourth-order valence-electron chi connectivity index (χ4n) is 3.93. The predicted octanol–water partition coefficient (Wildman–Crippen LogP) is 6.17. The molecule has 3 aromatic rings. The van der Waals surface area contributed by atoms with Crippen molar-refractivity contribution in [2.75, 3.05) is 14.2 Å². The zero-order chi connectivity index (χ0) is 21.1. The summed E-state index contributed by atoms with van der Waals surface area (Å²) in [4.78, 5) is 11.8. The molecule has 1 aliphatic heterocycles. The summed E-state index contributed by atoms with van der Waals surface area (Å²) in [5.41, 5.74) is 4.28. The van der Waals surface area contributed by atoms with Gasteiger partial charge in [0.15, 0.2) is 0 Å². The van der Waals surface area contributed by atoms with E-state index in [4.69, 9.17) is 18.6 Å². The summed E-state index contributed by atoms with van der Waals surface area (Å²) in [6.45, 7) is 2.19. The highest BCUT2D eigenvalue weighted by Crippen LogP contribution is 2.49. The van der Waals surface area contributed by atoms with Gasteiger partial charge in [0, 0.05) is 19.1 Å². The largest absolute Gasteiger partial charge is 0.465 e. The monoisotopic (exact) mass is 406 g/mol. The molecule has 0 saturated carbocycles. The first-order valence-corrected chi connectivity index (χ1v) is 10.3. The molecule has 2 heterocycles. The first kappa shape index (κ1) is 20.2. The van der Waals surface area contributed by atoms with Crippen molar-refractivity contribution in [3.05, 3.63) is 65.4 Å². The van der Waals surface area contributed by atoms with Crippen molar-refractivity contribution < 1.29 is 23.4 Å². The molecule has 156 valence electrons. The molecule has 0 saturated heterocycles. The average molecular weight is 406 g/mol. The van der Waals surface area contributed by atoms with Gasteiger partial charge in [0.1, 0.15) is 17.3 Å². The standard InChI is InChI=1S/C25H26O5/c1-4-5-6-11-20-21(16-12-14-17(15-13-16)24(26)27-2)22-23(29-20)18-9-7-8-10-19(18)30-25(22)28-3/h7-10,12-15,25H,4-6,11H2,1-3H3. The van der Waals surface area contributed by atoms with E-state index in [1.165, 1.54) is 7.11 Å². The topological polar surface area (TPSA) is 57.9 Å². The van der Waals surface area contributed by atoms with Crippen LogP contribution in [0.3, 0.4) is 0 Å².